The first-order valence-electron chi connectivity index (χ1n) is 26.4. The minimum absolute atomic E-state index is 0.0298. The van der Waals surface area contributed by atoms with Gasteiger partial charge >= 0.3 is 0 Å². The van der Waals surface area contributed by atoms with Gasteiger partial charge in [-0.05, 0) is 164 Å². The highest BCUT2D eigenvalue weighted by Gasteiger charge is 2.35. The number of ketones is 6. The maximum Gasteiger partial charge on any atom is 0.159 e. The fraction of sp³-hybridized carbons (Fsp3) is 0.508. The summed E-state index contributed by atoms with van der Waals surface area (Å²) in [5, 5.41) is 0. The van der Waals surface area contributed by atoms with Gasteiger partial charge < -0.3 is 34.4 Å². The van der Waals surface area contributed by atoms with Crippen LogP contribution in [-0.2, 0) is 49.8 Å². The summed E-state index contributed by atoms with van der Waals surface area (Å²) >= 11 is 0. The summed E-state index contributed by atoms with van der Waals surface area (Å²) < 4.78 is 0. The molecular weight excluding hydrogens is 913 g/mol. The average molecular weight is 1000 g/mol. The Bertz CT molecular complexity index is 2350. The van der Waals surface area contributed by atoms with Crippen LogP contribution in [0.15, 0.2) is 103 Å². The van der Waals surface area contributed by atoms with E-state index in [1.807, 2.05) is 54.6 Å². The van der Waals surface area contributed by atoms with E-state index in [0.29, 0.717) is 37.0 Å². The Morgan fingerprint density at radius 3 is 1.40 bits per heavy atom. The van der Waals surface area contributed by atoms with E-state index in [9.17, 15) is 28.8 Å². The quantitative estimate of drug-likeness (QED) is 0.0769. The number of fused-ring (bicyclic) bond motifs is 1. The molecule has 0 radical (unpaired) electrons. The normalized spacial score (nSPS) is 20.4. The molecule has 3 saturated carbocycles. The maximum absolute atomic E-state index is 11.4. The van der Waals surface area contributed by atoms with E-state index in [2.05, 4.69) is 36.4 Å². The van der Waals surface area contributed by atoms with Crippen molar-refractivity contribution in [2.24, 2.45) is 46.2 Å². The van der Waals surface area contributed by atoms with Crippen LogP contribution in [-0.4, -0.2) is 63.9 Å². The van der Waals surface area contributed by atoms with Gasteiger partial charge in [-0.15, -0.1) is 0 Å². The molecule has 12 nitrogen and oxygen atoms in total. The molecule has 0 bridgehead atoms. The van der Waals surface area contributed by atoms with Crippen molar-refractivity contribution in [3.05, 3.63) is 131 Å². The molecule has 0 aliphatic heterocycles. The fourth-order valence-corrected chi connectivity index (χ4v) is 9.49. The molecule has 4 aliphatic carbocycles. The molecule has 2 atom stereocenters. The van der Waals surface area contributed by atoms with E-state index in [-0.39, 0.29) is 28.9 Å². The SMILES string of the molecule is CC(=O)C1(N)CCCC1.CC(=O)C1(N)CCCCC1.CC(=O)C1(N)CCc2ccccc2C1.CC(=O)C1CCC(CN)CC1.CC(=O)[C@@H](N)Cc1ccc(-c2ccccc2)cc1.CC(=O)c1ccc(CN)cc1. The molecule has 8 rings (SSSR count). The zero-order valence-electron chi connectivity index (χ0n) is 44.9. The van der Waals surface area contributed by atoms with Crippen LogP contribution in [0.4, 0.5) is 0 Å². The summed E-state index contributed by atoms with van der Waals surface area (Å²) in [6, 6.07) is 33.6. The number of Topliss-reactive ketones (excluding diaryl/α,β-unsaturated/α-hetero) is 6. The van der Waals surface area contributed by atoms with Gasteiger partial charge in [0.05, 0.1) is 22.7 Å². The van der Waals surface area contributed by atoms with Crippen LogP contribution >= 0.6 is 0 Å². The lowest BCUT2D eigenvalue weighted by Gasteiger charge is -2.32. The van der Waals surface area contributed by atoms with Crippen LogP contribution < -0.4 is 34.4 Å². The Morgan fingerprint density at radius 1 is 0.521 bits per heavy atom. The Hall–Kier alpha value is -5.34. The molecule has 3 fully saturated rings. The third-order valence-corrected chi connectivity index (χ3v) is 15.2. The predicted octanol–water partition coefficient (Wildman–Crippen LogP) is 9.05. The van der Waals surface area contributed by atoms with Crippen LogP contribution in [0.5, 0.6) is 0 Å². The third-order valence-electron chi connectivity index (χ3n) is 15.2. The summed E-state index contributed by atoms with van der Waals surface area (Å²) in [5.41, 5.74) is 40.7. The van der Waals surface area contributed by atoms with E-state index in [1.54, 1.807) is 46.8 Å². The molecular formula is C61H88N6O6. The average Bonchev–Trinajstić information content (AvgIpc) is 3.85. The van der Waals surface area contributed by atoms with E-state index < -0.39 is 22.7 Å². The second kappa shape index (κ2) is 30.8. The Balaban J connectivity index is 0.000000235. The molecule has 0 saturated heterocycles. The molecule has 4 aliphatic rings. The first-order chi connectivity index (χ1) is 34.6. The Kier molecular flexibility index (Phi) is 26.1. The van der Waals surface area contributed by atoms with Gasteiger partial charge in [-0.25, -0.2) is 0 Å². The van der Waals surface area contributed by atoms with Crippen molar-refractivity contribution in [3.63, 3.8) is 0 Å². The van der Waals surface area contributed by atoms with Gasteiger partial charge in [-0.2, -0.15) is 0 Å². The summed E-state index contributed by atoms with van der Waals surface area (Å²) in [5.74, 6) is 1.93. The van der Waals surface area contributed by atoms with E-state index in [4.69, 9.17) is 34.4 Å². The number of carbonyl (C=O) groups excluding carboxylic acids is 6. The number of rotatable bonds is 11. The van der Waals surface area contributed by atoms with Gasteiger partial charge in [-0.1, -0.05) is 135 Å². The van der Waals surface area contributed by atoms with Crippen molar-refractivity contribution in [2.75, 3.05) is 6.54 Å². The lowest BCUT2D eigenvalue weighted by atomic mass is 9.76. The first-order valence-corrected chi connectivity index (χ1v) is 26.4. The fourth-order valence-electron chi connectivity index (χ4n) is 9.49. The molecule has 12 heteroatoms. The lowest BCUT2D eigenvalue weighted by Crippen LogP contribution is -2.51. The summed E-state index contributed by atoms with van der Waals surface area (Å²) in [6.07, 6.45) is 16.7. The molecule has 398 valence electrons. The predicted molar refractivity (Wildman–Crippen MR) is 297 cm³/mol. The van der Waals surface area contributed by atoms with Gasteiger partial charge in [0, 0.05) is 18.0 Å². The van der Waals surface area contributed by atoms with Crippen molar-refractivity contribution in [3.8, 4) is 11.1 Å². The molecule has 12 N–H and O–H groups in total. The highest BCUT2D eigenvalue weighted by molar-refractivity contribution is 5.94. The van der Waals surface area contributed by atoms with Crippen LogP contribution in [0.3, 0.4) is 0 Å². The highest BCUT2D eigenvalue weighted by atomic mass is 16.1. The van der Waals surface area contributed by atoms with Gasteiger partial charge in [0.15, 0.2) is 5.78 Å². The molecule has 4 aromatic rings. The second-order valence-electron chi connectivity index (χ2n) is 20.9. The van der Waals surface area contributed by atoms with Gasteiger partial charge in [-0.3, -0.25) is 28.8 Å². The largest absolute Gasteiger partial charge is 0.330 e. The molecule has 0 aromatic heterocycles. The minimum atomic E-state index is -0.617. The van der Waals surface area contributed by atoms with Crippen molar-refractivity contribution in [1.82, 2.24) is 0 Å². The molecule has 1 unspecified atom stereocenters. The van der Waals surface area contributed by atoms with E-state index in [0.717, 1.165) is 113 Å². The number of aryl methyl sites for hydroxylation is 1. The Labute approximate surface area is 436 Å². The number of hydrogen-bond acceptors (Lipinski definition) is 12. The van der Waals surface area contributed by atoms with Crippen molar-refractivity contribution < 1.29 is 28.8 Å². The van der Waals surface area contributed by atoms with Crippen LogP contribution in [0, 0.1) is 11.8 Å². The highest BCUT2D eigenvalue weighted by Crippen LogP contribution is 2.30. The summed E-state index contributed by atoms with van der Waals surface area (Å²) in [7, 11) is 0. The molecule has 0 spiro atoms. The zero-order valence-corrected chi connectivity index (χ0v) is 44.9. The maximum atomic E-state index is 11.4. The van der Waals surface area contributed by atoms with Gasteiger partial charge in [0.2, 0.25) is 0 Å². The van der Waals surface area contributed by atoms with Gasteiger partial charge in [0.1, 0.15) is 28.9 Å². The number of carbonyl (C=O) groups is 6. The van der Waals surface area contributed by atoms with E-state index >= 15 is 0 Å². The Morgan fingerprint density at radius 2 is 0.973 bits per heavy atom. The minimum Gasteiger partial charge on any atom is -0.330 e. The monoisotopic (exact) mass is 1000 g/mol. The van der Waals surface area contributed by atoms with Crippen molar-refractivity contribution >= 4 is 34.7 Å². The van der Waals surface area contributed by atoms with Crippen LogP contribution in [0.1, 0.15) is 164 Å². The van der Waals surface area contributed by atoms with Crippen LogP contribution in [0.25, 0.3) is 11.1 Å². The number of hydrogen-bond donors (Lipinski definition) is 6. The third kappa shape index (κ3) is 20.8. The molecule has 0 amide bonds. The number of benzene rings is 4. The zero-order chi connectivity index (χ0) is 54.2. The van der Waals surface area contributed by atoms with E-state index in [1.165, 1.54) is 35.6 Å². The lowest BCUT2D eigenvalue weighted by molar-refractivity contribution is -0.123. The van der Waals surface area contributed by atoms with Crippen LogP contribution in [0.2, 0.25) is 0 Å². The summed E-state index contributed by atoms with van der Waals surface area (Å²) in [6.45, 7) is 10.9. The summed E-state index contributed by atoms with van der Waals surface area (Å²) in [4.78, 5) is 66.1. The molecule has 0 heterocycles. The molecule has 4 aromatic carbocycles. The molecule has 73 heavy (non-hydrogen) atoms. The topological polar surface area (TPSA) is 259 Å². The van der Waals surface area contributed by atoms with Crippen molar-refractivity contribution in [1.29, 1.82) is 0 Å². The standard InChI is InChI=1S/C16H17NO.C12H15NO.C9H17NO.C9H11NO.C8H15NO.C7H13NO/c1-12(18)16(17)11-13-7-9-15(10-8-13)14-5-3-2-4-6-14;1-9(14)12(13)7-6-10-4-2-3-5-11(10)8-12;2*1-7(11)9-4-2-8(6-10)3-5-9;1-7(10)8(9)5-3-2-4-6-8;1-6(9)7(8)4-2-3-5-7/h2-10,16H,11,17H2,1H3;2-5H,6-8,13H2,1H3;8-9H,2-6,10H2,1H3;2-5H,6,10H2,1H3;2-6,9H2,1H3;2-5,8H2,1H3/t16-;;;;;/m0...../s1. The second-order valence-corrected chi connectivity index (χ2v) is 20.9. The smallest absolute Gasteiger partial charge is 0.159 e. The van der Waals surface area contributed by atoms with Gasteiger partial charge in [0.25, 0.3) is 0 Å². The number of nitrogens with two attached hydrogens (primary N) is 6. The first kappa shape index (κ1) is 62.0. The van der Waals surface area contributed by atoms with Crippen molar-refractivity contribution in [2.45, 2.75) is 180 Å².